The van der Waals surface area contributed by atoms with E-state index in [4.69, 9.17) is 0 Å². The molecule has 0 saturated carbocycles. The predicted octanol–water partition coefficient (Wildman–Crippen LogP) is 1.88. The molecule has 0 aliphatic heterocycles. The molecule has 0 aliphatic rings. The number of nitro benzene ring substituents is 1. The van der Waals surface area contributed by atoms with E-state index in [1.807, 2.05) is 17.9 Å². The number of para-hydroxylation sites is 1. The van der Waals surface area contributed by atoms with Crippen LogP contribution in [0.15, 0.2) is 53.5 Å². The first kappa shape index (κ1) is 15.9. The van der Waals surface area contributed by atoms with E-state index < -0.39 is 0 Å². The predicted molar refractivity (Wildman–Crippen MR) is 88.6 cm³/mol. The number of benzene rings is 1. The molecule has 0 N–H and O–H groups in total. The Morgan fingerprint density at radius 3 is 2.67 bits per heavy atom. The third-order valence-corrected chi connectivity index (χ3v) is 3.85. The number of hydrogen-bond acceptors (Lipinski definition) is 5. The van der Waals surface area contributed by atoms with Crippen molar-refractivity contribution in [3.05, 3.63) is 74.8 Å². The Kier molecular flexibility index (Phi) is 4.39. The van der Waals surface area contributed by atoms with Gasteiger partial charge >= 0.3 is 5.69 Å². The number of pyridine rings is 1. The summed E-state index contributed by atoms with van der Waals surface area (Å²) in [7, 11) is 0. The fourth-order valence-electron chi connectivity index (χ4n) is 2.58. The first-order valence-electron chi connectivity index (χ1n) is 7.59. The highest BCUT2D eigenvalue weighted by atomic mass is 16.6. The molecule has 2 aromatic heterocycles. The zero-order chi connectivity index (χ0) is 17.1. The van der Waals surface area contributed by atoms with Gasteiger partial charge in [-0.05, 0) is 18.7 Å². The molecule has 0 fully saturated rings. The minimum Gasteiger partial charge on any atom is -0.280 e. The summed E-state index contributed by atoms with van der Waals surface area (Å²) in [6, 6.07) is 12.0. The standard InChI is InChI=1S/C16H17N5O3/c1-2-18(11-13-7-3-4-8-14(13)21(23)24)12-20-16(22)19-10-6-5-9-15(19)17-20/h3-10H,2,11-12H2,1H3. The molecule has 0 spiro atoms. The SMILES string of the molecule is CCN(Cc1ccccc1[N+](=O)[O-])Cn1nc2ccccn2c1=O. The fraction of sp³-hybridized carbons (Fsp3) is 0.250. The third-order valence-electron chi connectivity index (χ3n) is 3.85. The highest BCUT2D eigenvalue weighted by molar-refractivity contribution is 5.39. The molecule has 124 valence electrons. The number of hydrogen-bond donors (Lipinski definition) is 0. The van der Waals surface area contributed by atoms with Crippen LogP contribution in [-0.2, 0) is 13.2 Å². The Hall–Kier alpha value is -3.00. The Bertz CT molecular complexity index is 931. The van der Waals surface area contributed by atoms with Gasteiger partial charge in [0.15, 0.2) is 5.65 Å². The molecule has 0 saturated heterocycles. The number of aromatic nitrogens is 3. The molecule has 0 radical (unpaired) electrons. The molecule has 8 nitrogen and oxygen atoms in total. The summed E-state index contributed by atoms with van der Waals surface area (Å²) >= 11 is 0. The van der Waals surface area contributed by atoms with Gasteiger partial charge in [-0.1, -0.05) is 31.2 Å². The van der Waals surface area contributed by atoms with E-state index in [-0.39, 0.29) is 23.0 Å². The maximum absolute atomic E-state index is 12.3. The van der Waals surface area contributed by atoms with E-state index >= 15 is 0 Å². The summed E-state index contributed by atoms with van der Waals surface area (Å²) in [5.41, 5.74) is 1.04. The van der Waals surface area contributed by atoms with Crippen molar-refractivity contribution in [3.8, 4) is 0 Å². The summed E-state index contributed by atoms with van der Waals surface area (Å²) < 4.78 is 2.84. The van der Waals surface area contributed by atoms with E-state index in [0.717, 1.165) is 0 Å². The molecule has 24 heavy (non-hydrogen) atoms. The molecule has 1 aromatic carbocycles. The van der Waals surface area contributed by atoms with Gasteiger partial charge in [0.2, 0.25) is 0 Å². The summed E-state index contributed by atoms with van der Waals surface area (Å²) in [5, 5.41) is 15.4. The first-order valence-corrected chi connectivity index (χ1v) is 7.59. The van der Waals surface area contributed by atoms with E-state index in [0.29, 0.717) is 24.3 Å². The van der Waals surface area contributed by atoms with Gasteiger partial charge in [-0.15, -0.1) is 5.10 Å². The maximum atomic E-state index is 12.3. The van der Waals surface area contributed by atoms with E-state index in [1.54, 1.807) is 36.5 Å². The van der Waals surface area contributed by atoms with Crippen molar-refractivity contribution in [2.24, 2.45) is 0 Å². The monoisotopic (exact) mass is 327 g/mol. The fourth-order valence-corrected chi connectivity index (χ4v) is 2.58. The zero-order valence-corrected chi connectivity index (χ0v) is 13.2. The van der Waals surface area contributed by atoms with Gasteiger partial charge in [0.25, 0.3) is 5.69 Å². The van der Waals surface area contributed by atoms with Crippen molar-refractivity contribution in [3.63, 3.8) is 0 Å². The second kappa shape index (κ2) is 6.63. The van der Waals surface area contributed by atoms with Crippen molar-refractivity contribution in [2.75, 3.05) is 6.54 Å². The minimum atomic E-state index is -0.389. The largest absolute Gasteiger partial charge is 0.351 e. The van der Waals surface area contributed by atoms with Crippen molar-refractivity contribution in [1.82, 2.24) is 19.1 Å². The number of rotatable bonds is 6. The third kappa shape index (κ3) is 3.04. The van der Waals surface area contributed by atoms with Crippen LogP contribution in [-0.4, -0.2) is 30.5 Å². The maximum Gasteiger partial charge on any atom is 0.351 e. The lowest BCUT2D eigenvalue weighted by Gasteiger charge is -2.19. The van der Waals surface area contributed by atoms with Gasteiger partial charge in [0.1, 0.15) is 0 Å². The lowest BCUT2D eigenvalue weighted by molar-refractivity contribution is -0.385. The summed E-state index contributed by atoms with van der Waals surface area (Å²) in [4.78, 5) is 25.0. The second-order valence-electron chi connectivity index (χ2n) is 5.38. The highest BCUT2D eigenvalue weighted by Crippen LogP contribution is 2.19. The van der Waals surface area contributed by atoms with Crippen LogP contribution in [0.25, 0.3) is 5.65 Å². The lowest BCUT2D eigenvalue weighted by Crippen LogP contribution is -2.32. The van der Waals surface area contributed by atoms with Gasteiger partial charge in [-0.2, -0.15) is 4.68 Å². The summed E-state index contributed by atoms with van der Waals surface area (Å²) in [6.45, 7) is 3.21. The van der Waals surface area contributed by atoms with Gasteiger partial charge in [-0.25, -0.2) is 4.79 Å². The normalized spacial score (nSPS) is 11.2. The first-order chi connectivity index (χ1) is 11.6. The Labute approximate surface area is 137 Å². The average Bonchev–Trinajstić information content (AvgIpc) is 2.91. The molecule has 0 atom stereocenters. The molecule has 0 amide bonds. The molecule has 0 unspecified atom stereocenters. The number of nitrogens with zero attached hydrogens (tertiary/aromatic N) is 5. The van der Waals surface area contributed by atoms with Crippen LogP contribution < -0.4 is 5.69 Å². The zero-order valence-electron chi connectivity index (χ0n) is 13.2. The second-order valence-corrected chi connectivity index (χ2v) is 5.38. The van der Waals surface area contributed by atoms with Gasteiger partial charge < -0.3 is 0 Å². The Morgan fingerprint density at radius 2 is 1.96 bits per heavy atom. The van der Waals surface area contributed by atoms with Crippen LogP contribution >= 0.6 is 0 Å². The van der Waals surface area contributed by atoms with Crippen molar-refractivity contribution >= 4 is 11.3 Å². The van der Waals surface area contributed by atoms with E-state index in [1.165, 1.54) is 15.1 Å². The van der Waals surface area contributed by atoms with Crippen LogP contribution in [0.5, 0.6) is 0 Å². The van der Waals surface area contributed by atoms with E-state index in [9.17, 15) is 14.9 Å². The molecule has 8 heteroatoms. The lowest BCUT2D eigenvalue weighted by atomic mass is 10.1. The van der Waals surface area contributed by atoms with Crippen molar-refractivity contribution < 1.29 is 4.92 Å². The van der Waals surface area contributed by atoms with Crippen molar-refractivity contribution in [2.45, 2.75) is 20.1 Å². The molecule has 0 aliphatic carbocycles. The topological polar surface area (TPSA) is 85.7 Å². The molecule has 3 rings (SSSR count). The molecule has 3 aromatic rings. The van der Waals surface area contributed by atoms with Crippen LogP contribution in [0.1, 0.15) is 12.5 Å². The Morgan fingerprint density at radius 1 is 1.21 bits per heavy atom. The number of nitro groups is 1. The van der Waals surface area contributed by atoms with Crippen LogP contribution in [0.2, 0.25) is 0 Å². The van der Waals surface area contributed by atoms with Gasteiger partial charge in [0, 0.05) is 24.4 Å². The smallest absolute Gasteiger partial charge is 0.280 e. The average molecular weight is 327 g/mol. The Balaban J connectivity index is 1.86. The van der Waals surface area contributed by atoms with Crippen LogP contribution in [0, 0.1) is 10.1 Å². The minimum absolute atomic E-state index is 0.0818. The van der Waals surface area contributed by atoms with Crippen LogP contribution in [0.3, 0.4) is 0 Å². The van der Waals surface area contributed by atoms with Gasteiger partial charge in [0.05, 0.1) is 11.6 Å². The van der Waals surface area contributed by atoms with E-state index in [2.05, 4.69) is 5.10 Å². The van der Waals surface area contributed by atoms with Crippen LogP contribution in [0.4, 0.5) is 5.69 Å². The number of fused-ring (bicyclic) bond motifs is 1. The molecule has 2 heterocycles. The molecular formula is C16H17N5O3. The molecular weight excluding hydrogens is 310 g/mol. The van der Waals surface area contributed by atoms with Gasteiger partial charge in [-0.3, -0.25) is 19.4 Å². The quantitative estimate of drug-likeness (QED) is 0.510. The molecule has 0 bridgehead atoms. The van der Waals surface area contributed by atoms with Crippen molar-refractivity contribution in [1.29, 1.82) is 0 Å². The summed E-state index contributed by atoms with van der Waals surface area (Å²) in [6.07, 6.45) is 1.67. The summed E-state index contributed by atoms with van der Waals surface area (Å²) in [5.74, 6) is 0. The highest BCUT2D eigenvalue weighted by Gasteiger charge is 2.16.